The van der Waals surface area contributed by atoms with Gasteiger partial charge in [-0.3, -0.25) is 0 Å². The molecule has 4 unspecified atom stereocenters. The molecule has 2 aliphatic rings. The molecule has 0 spiro atoms. The van der Waals surface area contributed by atoms with Gasteiger partial charge in [0, 0.05) is 36.9 Å². The summed E-state index contributed by atoms with van der Waals surface area (Å²) in [4.78, 5) is 0. The van der Waals surface area contributed by atoms with Crippen molar-refractivity contribution in [3.8, 4) is 0 Å². The Morgan fingerprint density at radius 3 is 1.74 bits per heavy atom. The van der Waals surface area contributed by atoms with Crippen LogP contribution < -0.4 is 0 Å². The van der Waals surface area contributed by atoms with Gasteiger partial charge in [0.2, 0.25) is 0 Å². The molecule has 2 aromatic heterocycles. The van der Waals surface area contributed by atoms with Crippen LogP contribution in [0.3, 0.4) is 0 Å². The van der Waals surface area contributed by atoms with Crippen molar-refractivity contribution < 1.29 is 21.9 Å². The van der Waals surface area contributed by atoms with Crippen LogP contribution >= 0.6 is 24.1 Å². The fraction of sp³-hybridized carbons (Fsp3) is 0.500. The first-order valence-corrected chi connectivity index (χ1v) is 9.26. The van der Waals surface area contributed by atoms with Gasteiger partial charge in [-0.05, 0) is 24.3 Å². The fourth-order valence-electron chi connectivity index (χ4n) is 2.37. The molecule has 5 nitrogen and oxygen atoms in total. The second-order valence-electron chi connectivity index (χ2n) is 5.65. The van der Waals surface area contributed by atoms with Gasteiger partial charge in [0.1, 0.15) is 11.5 Å². The molecule has 4 rings (SSSR count). The second-order valence-corrected chi connectivity index (χ2v) is 7.79. The zero-order valence-electron chi connectivity index (χ0n) is 12.5. The third-order valence-electron chi connectivity index (χ3n) is 3.84. The van der Waals surface area contributed by atoms with Crippen LogP contribution in [0, 0.1) is 0 Å². The molecule has 2 aromatic rings. The number of furan rings is 2. The first kappa shape index (κ1) is 15.7. The van der Waals surface area contributed by atoms with Crippen LogP contribution in [0.25, 0.3) is 0 Å². The topological polar surface area (TPSA) is 60.6 Å². The van der Waals surface area contributed by atoms with Gasteiger partial charge in [0.05, 0.1) is 48.4 Å². The van der Waals surface area contributed by atoms with Crippen LogP contribution in [0.1, 0.15) is 11.5 Å². The molecule has 4 atom stereocenters. The summed E-state index contributed by atoms with van der Waals surface area (Å²) >= 11 is 2.94. The highest BCUT2D eigenvalue weighted by atomic mass is 32.2. The summed E-state index contributed by atoms with van der Waals surface area (Å²) in [6.45, 7) is 1.60. The predicted octanol–water partition coefficient (Wildman–Crippen LogP) is 3.51. The largest absolute Gasteiger partial charge is 0.469 e. The van der Waals surface area contributed by atoms with E-state index in [4.69, 9.17) is 21.9 Å². The van der Waals surface area contributed by atoms with Gasteiger partial charge in [-0.15, -0.1) is 0 Å². The van der Waals surface area contributed by atoms with Crippen molar-refractivity contribution in [3.05, 3.63) is 48.3 Å². The van der Waals surface area contributed by atoms with Crippen LogP contribution in [-0.2, 0) is 25.9 Å². The Kier molecular flexibility index (Phi) is 5.01. The highest BCUT2D eigenvalue weighted by Gasteiger charge is 2.37. The third-order valence-corrected chi connectivity index (χ3v) is 5.90. The minimum absolute atomic E-state index is 0.248. The standard InChI is InChI=1S/C16H18O5S2/c1-3-11(17-5-1)7-15(13-9-19-13)22-21-23-16(14-10-20-14)8-12-4-2-6-18-12/h1-6,13-16H,7-10H2. The first-order valence-electron chi connectivity index (χ1n) is 7.65. The van der Waals surface area contributed by atoms with Crippen molar-refractivity contribution in [1.29, 1.82) is 0 Å². The van der Waals surface area contributed by atoms with E-state index in [1.54, 1.807) is 12.5 Å². The van der Waals surface area contributed by atoms with Crippen LogP contribution in [0.5, 0.6) is 0 Å². The van der Waals surface area contributed by atoms with E-state index in [0.717, 1.165) is 37.6 Å². The molecule has 0 radical (unpaired) electrons. The number of epoxide rings is 2. The predicted molar refractivity (Wildman–Crippen MR) is 88.1 cm³/mol. The zero-order valence-corrected chi connectivity index (χ0v) is 14.1. The van der Waals surface area contributed by atoms with Crippen LogP contribution in [-0.4, -0.2) is 35.9 Å². The van der Waals surface area contributed by atoms with Crippen molar-refractivity contribution in [1.82, 2.24) is 0 Å². The molecular weight excluding hydrogens is 336 g/mol. The van der Waals surface area contributed by atoms with Gasteiger partial charge in [-0.2, -0.15) is 0 Å². The Hall–Kier alpha value is -0.860. The second kappa shape index (κ2) is 7.36. The molecule has 2 fully saturated rings. The Morgan fingerprint density at radius 1 is 0.913 bits per heavy atom. The van der Waals surface area contributed by atoms with Gasteiger partial charge in [0.15, 0.2) is 0 Å². The summed E-state index contributed by atoms with van der Waals surface area (Å²) in [6, 6.07) is 7.79. The lowest BCUT2D eigenvalue weighted by Crippen LogP contribution is -2.17. The summed E-state index contributed by atoms with van der Waals surface area (Å²) in [7, 11) is 0. The molecule has 4 heterocycles. The highest BCUT2D eigenvalue weighted by Crippen LogP contribution is 2.36. The van der Waals surface area contributed by atoms with E-state index in [0.29, 0.717) is 0 Å². The number of rotatable bonds is 10. The van der Waals surface area contributed by atoms with Crippen molar-refractivity contribution in [3.63, 3.8) is 0 Å². The molecule has 7 heteroatoms. The summed E-state index contributed by atoms with van der Waals surface area (Å²) in [5, 5.41) is 0.496. The highest BCUT2D eigenvalue weighted by molar-refractivity contribution is 8.08. The number of ether oxygens (including phenoxy) is 2. The maximum absolute atomic E-state index is 5.85. The average molecular weight is 354 g/mol. The minimum Gasteiger partial charge on any atom is -0.469 e. The molecule has 23 heavy (non-hydrogen) atoms. The molecule has 2 aliphatic heterocycles. The molecule has 2 saturated heterocycles. The normalized spacial score (nSPS) is 25.2. The first-order chi connectivity index (χ1) is 11.4. The van der Waals surface area contributed by atoms with E-state index >= 15 is 0 Å². The molecule has 0 saturated carbocycles. The lowest BCUT2D eigenvalue weighted by atomic mass is 10.2. The smallest absolute Gasteiger partial charge is 0.105 e. The fourth-order valence-corrected chi connectivity index (χ4v) is 4.39. The lowest BCUT2D eigenvalue weighted by molar-refractivity contribution is 0.387. The van der Waals surface area contributed by atoms with Crippen LogP contribution in [0.15, 0.2) is 45.6 Å². The average Bonchev–Trinajstić information content (AvgIpc) is 3.48. The van der Waals surface area contributed by atoms with E-state index in [1.807, 2.05) is 24.3 Å². The summed E-state index contributed by atoms with van der Waals surface area (Å²) in [5.74, 6) is 1.92. The Morgan fingerprint density at radius 2 is 1.39 bits per heavy atom. The lowest BCUT2D eigenvalue weighted by Gasteiger charge is -2.15. The van der Waals surface area contributed by atoms with Gasteiger partial charge in [-0.25, -0.2) is 3.63 Å². The maximum Gasteiger partial charge on any atom is 0.105 e. The van der Waals surface area contributed by atoms with Gasteiger partial charge < -0.3 is 18.3 Å². The quantitative estimate of drug-likeness (QED) is 0.478. The minimum atomic E-state index is 0.248. The zero-order chi connectivity index (χ0) is 15.5. The van der Waals surface area contributed by atoms with Crippen molar-refractivity contribution in [2.24, 2.45) is 0 Å². The van der Waals surface area contributed by atoms with Gasteiger partial charge in [0.25, 0.3) is 0 Å². The van der Waals surface area contributed by atoms with E-state index in [-0.39, 0.29) is 22.7 Å². The van der Waals surface area contributed by atoms with Crippen molar-refractivity contribution in [2.75, 3.05) is 13.2 Å². The maximum atomic E-state index is 5.85. The molecule has 0 aliphatic carbocycles. The molecular formula is C16H18O5S2. The van der Waals surface area contributed by atoms with Crippen LogP contribution in [0.4, 0.5) is 0 Å². The summed E-state index contributed by atoms with van der Waals surface area (Å²) in [6.07, 6.45) is 5.53. The summed E-state index contributed by atoms with van der Waals surface area (Å²) in [5.41, 5.74) is 0. The molecule has 0 aromatic carbocycles. The van der Waals surface area contributed by atoms with Crippen molar-refractivity contribution in [2.45, 2.75) is 35.5 Å². The Balaban J connectivity index is 1.26. The third kappa shape index (κ3) is 4.58. The molecule has 124 valence electrons. The van der Waals surface area contributed by atoms with Gasteiger partial charge in [-0.1, -0.05) is 0 Å². The van der Waals surface area contributed by atoms with E-state index in [1.165, 1.54) is 24.1 Å². The Bertz CT molecular complexity index is 525. The van der Waals surface area contributed by atoms with Crippen molar-refractivity contribution >= 4 is 24.1 Å². The molecule has 0 N–H and O–H groups in total. The van der Waals surface area contributed by atoms with E-state index < -0.39 is 0 Å². The SMILES string of the molecule is c1coc(CC(SOSC(Cc2ccco2)C2CO2)C2CO2)c1. The summed E-state index contributed by atoms with van der Waals surface area (Å²) < 4.78 is 27.6. The monoisotopic (exact) mass is 354 g/mol. The molecule has 0 amide bonds. The number of hydrogen-bond donors (Lipinski definition) is 0. The Labute approximate surface area is 143 Å². The van der Waals surface area contributed by atoms with Gasteiger partial charge >= 0.3 is 0 Å². The molecule has 0 bridgehead atoms. The van der Waals surface area contributed by atoms with E-state index in [9.17, 15) is 0 Å². The number of hydrogen-bond acceptors (Lipinski definition) is 7. The van der Waals surface area contributed by atoms with E-state index in [2.05, 4.69) is 0 Å². The van der Waals surface area contributed by atoms with Crippen LogP contribution in [0.2, 0.25) is 0 Å².